The molecule has 5 nitrogen and oxygen atoms in total. The molecular formula is C22H21N3O2. The Balaban J connectivity index is 1.67. The summed E-state index contributed by atoms with van der Waals surface area (Å²) in [6.45, 7) is 0.141. The molecule has 0 saturated carbocycles. The van der Waals surface area contributed by atoms with Crippen LogP contribution in [0.2, 0.25) is 0 Å². The maximum Gasteiger partial charge on any atom is 0.243 e. The van der Waals surface area contributed by atoms with Gasteiger partial charge in [0.2, 0.25) is 11.8 Å². The Kier molecular flexibility index (Phi) is 6.20. The summed E-state index contributed by atoms with van der Waals surface area (Å²) in [7, 11) is 0. The summed E-state index contributed by atoms with van der Waals surface area (Å²) in [6, 6.07) is 27.9. The molecule has 0 bridgehead atoms. The first kappa shape index (κ1) is 18.2. The molecule has 136 valence electrons. The summed E-state index contributed by atoms with van der Waals surface area (Å²) in [5.41, 5.74) is 2.26. The number of carbonyl (C=O) groups excluding carboxylic acids is 2. The van der Waals surface area contributed by atoms with Crippen LogP contribution in [-0.4, -0.2) is 24.9 Å². The average Bonchev–Trinajstić information content (AvgIpc) is 2.69. The number of amides is 2. The van der Waals surface area contributed by atoms with E-state index in [9.17, 15) is 9.59 Å². The molecule has 0 aliphatic carbocycles. The molecule has 0 atom stereocenters. The van der Waals surface area contributed by atoms with Gasteiger partial charge in [-0.25, -0.2) is 0 Å². The van der Waals surface area contributed by atoms with Gasteiger partial charge in [0.25, 0.3) is 0 Å². The van der Waals surface area contributed by atoms with Crippen LogP contribution in [0.3, 0.4) is 0 Å². The molecule has 0 unspecified atom stereocenters. The van der Waals surface area contributed by atoms with Gasteiger partial charge in [0.05, 0.1) is 13.1 Å². The molecule has 0 aliphatic heterocycles. The van der Waals surface area contributed by atoms with E-state index in [0.29, 0.717) is 0 Å². The number of benzene rings is 3. The number of rotatable bonds is 7. The van der Waals surface area contributed by atoms with Crippen LogP contribution < -0.4 is 15.5 Å². The predicted octanol–water partition coefficient (Wildman–Crippen LogP) is 3.77. The molecular weight excluding hydrogens is 338 g/mol. The Hall–Kier alpha value is -3.60. The van der Waals surface area contributed by atoms with Gasteiger partial charge in [-0.3, -0.25) is 9.59 Å². The molecule has 0 aromatic heterocycles. The lowest BCUT2D eigenvalue weighted by atomic mass is 10.2. The van der Waals surface area contributed by atoms with Gasteiger partial charge in [-0.1, -0.05) is 54.6 Å². The molecule has 0 aliphatic rings. The molecule has 5 heteroatoms. The molecule has 3 rings (SSSR count). The molecule has 0 saturated heterocycles. The fourth-order valence-corrected chi connectivity index (χ4v) is 2.67. The molecule has 0 fully saturated rings. The SMILES string of the molecule is O=C(CN(CC(=O)Nc1ccccc1)c1ccccc1)Nc1ccccc1. The lowest BCUT2D eigenvalue weighted by molar-refractivity contribution is -0.115. The number of para-hydroxylation sites is 3. The number of carbonyl (C=O) groups is 2. The largest absolute Gasteiger partial charge is 0.353 e. The molecule has 27 heavy (non-hydrogen) atoms. The van der Waals surface area contributed by atoms with Crippen molar-refractivity contribution < 1.29 is 9.59 Å². The summed E-state index contributed by atoms with van der Waals surface area (Å²) < 4.78 is 0. The normalized spacial score (nSPS) is 10.1. The molecule has 2 amide bonds. The summed E-state index contributed by atoms with van der Waals surface area (Å²) >= 11 is 0. The molecule has 2 N–H and O–H groups in total. The van der Waals surface area contributed by atoms with Crippen molar-refractivity contribution in [2.24, 2.45) is 0 Å². The summed E-state index contributed by atoms with van der Waals surface area (Å²) in [5, 5.41) is 5.71. The van der Waals surface area contributed by atoms with Gasteiger partial charge in [0.1, 0.15) is 0 Å². The minimum absolute atomic E-state index is 0.0706. The summed E-state index contributed by atoms with van der Waals surface area (Å²) in [4.78, 5) is 26.6. The van der Waals surface area contributed by atoms with Crippen molar-refractivity contribution in [3.63, 3.8) is 0 Å². The van der Waals surface area contributed by atoms with Crippen molar-refractivity contribution >= 4 is 28.9 Å². The van der Waals surface area contributed by atoms with E-state index in [2.05, 4.69) is 10.6 Å². The summed E-state index contributed by atoms with van der Waals surface area (Å²) in [5.74, 6) is -0.366. The van der Waals surface area contributed by atoms with E-state index in [0.717, 1.165) is 17.1 Å². The maximum absolute atomic E-state index is 12.5. The highest BCUT2D eigenvalue weighted by Gasteiger charge is 2.15. The van der Waals surface area contributed by atoms with Crippen LogP contribution in [0.15, 0.2) is 91.0 Å². The predicted molar refractivity (Wildman–Crippen MR) is 109 cm³/mol. The number of hydrogen-bond donors (Lipinski definition) is 2. The highest BCUT2D eigenvalue weighted by Crippen LogP contribution is 2.14. The minimum atomic E-state index is -0.183. The number of anilines is 3. The third-order valence-electron chi connectivity index (χ3n) is 3.91. The Morgan fingerprint density at radius 3 is 1.37 bits per heavy atom. The smallest absolute Gasteiger partial charge is 0.243 e. The second-order valence-corrected chi connectivity index (χ2v) is 6.02. The van der Waals surface area contributed by atoms with E-state index in [-0.39, 0.29) is 24.9 Å². The first-order valence-corrected chi connectivity index (χ1v) is 8.70. The Morgan fingerprint density at radius 1 is 0.593 bits per heavy atom. The van der Waals surface area contributed by atoms with Crippen LogP contribution in [-0.2, 0) is 9.59 Å². The van der Waals surface area contributed by atoms with Crippen LogP contribution in [0.4, 0.5) is 17.1 Å². The van der Waals surface area contributed by atoms with Crippen molar-refractivity contribution in [3.8, 4) is 0 Å². The fourth-order valence-electron chi connectivity index (χ4n) is 2.67. The molecule has 0 heterocycles. The first-order chi connectivity index (χ1) is 13.2. The standard InChI is InChI=1S/C22H21N3O2/c26-21(23-18-10-4-1-5-11-18)16-25(20-14-8-3-9-15-20)17-22(27)24-19-12-6-2-7-13-19/h1-15H,16-17H2,(H,23,26)(H,24,27). The van der Waals surface area contributed by atoms with E-state index in [1.165, 1.54) is 0 Å². The van der Waals surface area contributed by atoms with Crippen molar-refractivity contribution in [2.45, 2.75) is 0 Å². The maximum atomic E-state index is 12.5. The molecule has 0 spiro atoms. The third kappa shape index (κ3) is 5.71. The van der Waals surface area contributed by atoms with Crippen molar-refractivity contribution in [2.75, 3.05) is 28.6 Å². The van der Waals surface area contributed by atoms with Gasteiger partial charge in [0.15, 0.2) is 0 Å². The van der Waals surface area contributed by atoms with Crippen LogP contribution in [0, 0.1) is 0 Å². The van der Waals surface area contributed by atoms with Gasteiger partial charge in [-0.05, 0) is 36.4 Å². The monoisotopic (exact) mass is 359 g/mol. The van der Waals surface area contributed by atoms with Gasteiger partial charge >= 0.3 is 0 Å². The van der Waals surface area contributed by atoms with Crippen LogP contribution in [0.5, 0.6) is 0 Å². The van der Waals surface area contributed by atoms with Gasteiger partial charge in [-0.15, -0.1) is 0 Å². The van der Waals surface area contributed by atoms with Crippen molar-refractivity contribution in [3.05, 3.63) is 91.0 Å². The van der Waals surface area contributed by atoms with E-state index in [1.807, 2.05) is 91.0 Å². The van der Waals surface area contributed by atoms with E-state index >= 15 is 0 Å². The zero-order valence-electron chi connectivity index (χ0n) is 14.8. The zero-order chi connectivity index (χ0) is 18.9. The fraction of sp³-hybridized carbons (Fsp3) is 0.0909. The van der Waals surface area contributed by atoms with Crippen LogP contribution in [0.25, 0.3) is 0 Å². The van der Waals surface area contributed by atoms with Crippen molar-refractivity contribution in [1.82, 2.24) is 0 Å². The second-order valence-electron chi connectivity index (χ2n) is 6.02. The molecule has 3 aromatic rings. The lowest BCUT2D eigenvalue weighted by Gasteiger charge is -2.23. The Labute approximate surface area is 158 Å². The number of nitrogens with zero attached hydrogens (tertiary/aromatic N) is 1. The minimum Gasteiger partial charge on any atom is -0.353 e. The lowest BCUT2D eigenvalue weighted by Crippen LogP contribution is -2.39. The topological polar surface area (TPSA) is 61.4 Å². The third-order valence-corrected chi connectivity index (χ3v) is 3.91. The zero-order valence-corrected chi connectivity index (χ0v) is 14.8. The number of nitrogens with one attached hydrogen (secondary N) is 2. The van der Waals surface area contributed by atoms with Gasteiger partial charge in [-0.2, -0.15) is 0 Å². The quantitative estimate of drug-likeness (QED) is 0.675. The molecule has 3 aromatic carbocycles. The van der Waals surface area contributed by atoms with Crippen LogP contribution in [0.1, 0.15) is 0 Å². The summed E-state index contributed by atoms with van der Waals surface area (Å²) in [6.07, 6.45) is 0. The van der Waals surface area contributed by atoms with Crippen LogP contribution >= 0.6 is 0 Å². The van der Waals surface area contributed by atoms with Gasteiger partial charge in [0, 0.05) is 17.1 Å². The van der Waals surface area contributed by atoms with E-state index < -0.39 is 0 Å². The first-order valence-electron chi connectivity index (χ1n) is 8.70. The highest BCUT2D eigenvalue weighted by molar-refractivity contribution is 5.97. The second kappa shape index (κ2) is 9.20. The number of hydrogen-bond acceptors (Lipinski definition) is 3. The van der Waals surface area contributed by atoms with Crippen molar-refractivity contribution in [1.29, 1.82) is 0 Å². The van der Waals surface area contributed by atoms with E-state index in [4.69, 9.17) is 0 Å². The Morgan fingerprint density at radius 2 is 0.963 bits per heavy atom. The van der Waals surface area contributed by atoms with Gasteiger partial charge < -0.3 is 15.5 Å². The Bertz CT molecular complexity index is 812. The van der Waals surface area contributed by atoms with E-state index in [1.54, 1.807) is 4.90 Å². The average molecular weight is 359 g/mol. The molecule has 0 radical (unpaired) electrons. The highest BCUT2D eigenvalue weighted by atomic mass is 16.2.